The van der Waals surface area contributed by atoms with Crippen molar-refractivity contribution in [2.45, 2.75) is 52.4 Å². The minimum atomic E-state index is -0.298. The zero-order chi connectivity index (χ0) is 17.5. The molecular weight excluding hydrogens is 302 g/mol. The molecule has 1 aromatic carbocycles. The minimum absolute atomic E-state index is 0.0161. The van der Waals surface area contributed by atoms with E-state index >= 15 is 0 Å². The topological polar surface area (TPSA) is 59.3 Å². The van der Waals surface area contributed by atoms with Gasteiger partial charge in [0.05, 0.1) is 6.26 Å². The van der Waals surface area contributed by atoms with Crippen LogP contribution >= 0.6 is 0 Å². The molecule has 0 radical (unpaired) electrons. The van der Waals surface area contributed by atoms with Crippen molar-refractivity contribution in [3.05, 3.63) is 53.5 Å². The molecule has 0 spiro atoms. The number of carbonyl (C=O) groups is 2. The third-order valence-corrected chi connectivity index (χ3v) is 4.17. The second kappa shape index (κ2) is 8.48. The van der Waals surface area contributed by atoms with Crippen LogP contribution < -0.4 is 5.32 Å². The molecule has 2 rings (SSSR count). The van der Waals surface area contributed by atoms with Crippen LogP contribution in [0.2, 0.25) is 0 Å². The Labute approximate surface area is 143 Å². The normalized spacial score (nSPS) is 10.8. The minimum Gasteiger partial charge on any atom is -0.459 e. The van der Waals surface area contributed by atoms with Crippen molar-refractivity contribution in [1.29, 1.82) is 0 Å². The van der Waals surface area contributed by atoms with Crippen LogP contribution in [-0.4, -0.2) is 11.7 Å². The average molecular weight is 327 g/mol. The molecule has 0 fully saturated rings. The number of furan rings is 1. The molecule has 128 valence electrons. The first kappa shape index (κ1) is 18.0. The van der Waals surface area contributed by atoms with Gasteiger partial charge in [0, 0.05) is 11.3 Å². The Morgan fingerprint density at radius 2 is 1.83 bits per heavy atom. The first-order valence-electron chi connectivity index (χ1n) is 8.56. The second-order valence-corrected chi connectivity index (χ2v) is 6.06. The molecule has 0 aliphatic carbocycles. The highest BCUT2D eigenvalue weighted by molar-refractivity contribution is 6.04. The molecule has 0 saturated carbocycles. The molecule has 4 nitrogen and oxygen atoms in total. The van der Waals surface area contributed by atoms with E-state index in [1.54, 1.807) is 18.2 Å². The molecule has 0 atom stereocenters. The van der Waals surface area contributed by atoms with Crippen molar-refractivity contribution in [1.82, 2.24) is 0 Å². The molecule has 0 bridgehead atoms. The Morgan fingerprint density at radius 1 is 1.12 bits per heavy atom. The van der Waals surface area contributed by atoms with Gasteiger partial charge in [-0.3, -0.25) is 9.59 Å². The summed E-state index contributed by atoms with van der Waals surface area (Å²) >= 11 is 0. The monoisotopic (exact) mass is 327 g/mol. The van der Waals surface area contributed by atoms with Crippen LogP contribution in [0, 0.1) is 0 Å². The maximum absolute atomic E-state index is 12.4. The molecule has 1 heterocycles. The van der Waals surface area contributed by atoms with E-state index in [2.05, 4.69) is 19.2 Å². The zero-order valence-corrected chi connectivity index (χ0v) is 14.6. The lowest BCUT2D eigenvalue weighted by Gasteiger charge is -2.20. The number of ketones is 1. The largest absolute Gasteiger partial charge is 0.459 e. The van der Waals surface area contributed by atoms with Gasteiger partial charge < -0.3 is 9.73 Å². The van der Waals surface area contributed by atoms with E-state index in [0.29, 0.717) is 17.2 Å². The van der Waals surface area contributed by atoms with Crippen molar-refractivity contribution in [3.8, 4) is 0 Å². The maximum Gasteiger partial charge on any atom is 0.291 e. The fourth-order valence-electron chi connectivity index (χ4n) is 2.98. The zero-order valence-electron chi connectivity index (χ0n) is 14.6. The van der Waals surface area contributed by atoms with Gasteiger partial charge >= 0.3 is 0 Å². The summed E-state index contributed by atoms with van der Waals surface area (Å²) in [7, 11) is 0. The van der Waals surface area contributed by atoms with E-state index in [4.69, 9.17) is 4.42 Å². The second-order valence-electron chi connectivity index (χ2n) is 6.06. The Hall–Kier alpha value is -2.36. The SMILES string of the molecule is CCCC(CCC)c1ccc(C(C)=O)cc1NC(=O)c1ccco1. The number of benzene rings is 1. The van der Waals surface area contributed by atoms with E-state index in [-0.39, 0.29) is 17.5 Å². The molecule has 24 heavy (non-hydrogen) atoms. The summed E-state index contributed by atoms with van der Waals surface area (Å²) in [5.74, 6) is 0.316. The molecule has 0 unspecified atom stereocenters. The first-order chi connectivity index (χ1) is 11.6. The standard InChI is InChI=1S/C20H25NO3/c1-4-7-15(8-5-2)17-11-10-16(14(3)22)13-18(17)21-20(23)19-9-6-12-24-19/h6,9-13,15H,4-5,7-8H2,1-3H3,(H,21,23). The van der Waals surface area contributed by atoms with Crippen molar-refractivity contribution in [3.63, 3.8) is 0 Å². The highest BCUT2D eigenvalue weighted by atomic mass is 16.3. The van der Waals surface area contributed by atoms with Crippen LogP contribution in [0.15, 0.2) is 41.0 Å². The van der Waals surface area contributed by atoms with Crippen molar-refractivity contribution >= 4 is 17.4 Å². The third kappa shape index (κ3) is 4.34. The van der Waals surface area contributed by atoms with Gasteiger partial charge in [0.1, 0.15) is 0 Å². The summed E-state index contributed by atoms with van der Waals surface area (Å²) in [5, 5.41) is 2.92. The number of rotatable bonds is 8. The van der Waals surface area contributed by atoms with Gasteiger partial charge in [-0.2, -0.15) is 0 Å². The van der Waals surface area contributed by atoms with Gasteiger partial charge in [-0.25, -0.2) is 0 Å². The summed E-state index contributed by atoms with van der Waals surface area (Å²) in [6, 6.07) is 8.90. The van der Waals surface area contributed by atoms with Crippen LogP contribution in [0.5, 0.6) is 0 Å². The molecule has 0 aliphatic heterocycles. The molecule has 1 aromatic heterocycles. The van der Waals surface area contributed by atoms with E-state index in [9.17, 15) is 9.59 Å². The average Bonchev–Trinajstić information content (AvgIpc) is 3.09. The Bertz CT molecular complexity index is 683. The van der Waals surface area contributed by atoms with Crippen LogP contribution in [0.1, 0.15) is 78.8 Å². The summed E-state index contributed by atoms with van der Waals surface area (Å²) in [4.78, 5) is 24.1. The number of hydrogen-bond donors (Lipinski definition) is 1. The van der Waals surface area contributed by atoms with Crippen molar-refractivity contribution in [2.24, 2.45) is 0 Å². The van der Waals surface area contributed by atoms with E-state index in [1.165, 1.54) is 13.2 Å². The number of nitrogens with one attached hydrogen (secondary N) is 1. The Kier molecular flexibility index (Phi) is 6.36. The smallest absolute Gasteiger partial charge is 0.291 e. The lowest BCUT2D eigenvalue weighted by atomic mass is 9.88. The van der Waals surface area contributed by atoms with Crippen LogP contribution in [0.4, 0.5) is 5.69 Å². The van der Waals surface area contributed by atoms with Gasteiger partial charge in [0.15, 0.2) is 11.5 Å². The van der Waals surface area contributed by atoms with Crippen LogP contribution in [0.3, 0.4) is 0 Å². The molecule has 0 aliphatic rings. The predicted octanol–water partition coefficient (Wildman–Crippen LogP) is 5.42. The molecule has 4 heteroatoms. The van der Waals surface area contributed by atoms with Gasteiger partial charge in [0.2, 0.25) is 0 Å². The first-order valence-corrected chi connectivity index (χ1v) is 8.56. The fraction of sp³-hybridized carbons (Fsp3) is 0.400. The Balaban J connectivity index is 2.38. The summed E-state index contributed by atoms with van der Waals surface area (Å²) in [6.45, 7) is 5.85. The molecule has 1 amide bonds. The van der Waals surface area contributed by atoms with Gasteiger partial charge in [-0.05, 0) is 49.4 Å². The van der Waals surface area contributed by atoms with Crippen LogP contribution in [-0.2, 0) is 0 Å². The maximum atomic E-state index is 12.4. The molecule has 0 saturated heterocycles. The van der Waals surface area contributed by atoms with E-state index in [0.717, 1.165) is 31.2 Å². The number of hydrogen-bond acceptors (Lipinski definition) is 3. The number of carbonyl (C=O) groups excluding carboxylic acids is 2. The number of anilines is 1. The lowest BCUT2D eigenvalue weighted by Crippen LogP contribution is -2.14. The van der Waals surface area contributed by atoms with Gasteiger partial charge in [0.25, 0.3) is 5.91 Å². The lowest BCUT2D eigenvalue weighted by molar-refractivity contribution is 0.0991. The van der Waals surface area contributed by atoms with Gasteiger partial charge in [-0.15, -0.1) is 0 Å². The number of amides is 1. The Morgan fingerprint density at radius 3 is 2.38 bits per heavy atom. The number of Topliss-reactive ketones (excluding diaryl/α,β-unsaturated/α-hetero) is 1. The fourth-order valence-corrected chi connectivity index (χ4v) is 2.98. The molecular formula is C20H25NO3. The summed E-state index contributed by atoms with van der Waals surface area (Å²) < 4.78 is 5.16. The van der Waals surface area contributed by atoms with E-state index in [1.807, 2.05) is 12.1 Å². The molecule has 1 N–H and O–H groups in total. The molecule has 2 aromatic rings. The highest BCUT2D eigenvalue weighted by Gasteiger charge is 2.18. The third-order valence-electron chi connectivity index (χ3n) is 4.17. The summed E-state index contributed by atoms with van der Waals surface area (Å²) in [6.07, 6.45) is 5.72. The quantitative estimate of drug-likeness (QED) is 0.659. The van der Waals surface area contributed by atoms with Crippen molar-refractivity contribution in [2.75, 3.05) is 5.32 Å². The predicted molar refractivity (Wildman–Crippen MR) is 95.7 cm³/mol. The van der Waals surface area contributed by atoms with Crippen LogP contribution in [0.25, 0.3) is 0 Å². The van der Waals surface area contributed by atoms with Gasteiger partial charge in [-0.1, -0.05) is 38.8 Å². The van der Waals surface area contributed by atoms with E-state index < -0.39 is 0 Å². The van der Waals surface area contributed by atoms with Crippen molar-refractivity contribution < 1.29 is 14.0 Å². The highest BCUT2D eigenvalue weighted by Crippen LogP contribution is 2.33. The summed E-state index contributed by atoms with van der Waals surface area (Å²) in [5.41, 5.74) is 2.39.